The molecule has 98 valence electrons. The highest BCUT2D eigenvalue weighted by molar-refractivity contribution is 5.20. The van der Waals surface area contributed by atoms with Gasteiger partial charge >= 0.3 is 0 Å². The quantitative estimate of drug-likeness (QED) is 0.381. The minimum absolute atomic E-state index is 0.560. The SMILES string of the molecule is C=C(/C=C\OC)CCOCCOc1ccccc1. The Balaban J connectivity index is 1.99. The largest absolute Gasteiger partial charge is 0.504 e. The standard InChI is InChI=1S/C15H20O3/c1-14(8-10-16-2)9-11-17-12-13-18-15-6-4-3-5-7-15/h3-8,10H,1,9,11-13H2,2H3/b10-8-. The van der Waals surface area contributed by atoms with E-state index in [2.05, 4.69) is 6.58 Å². The summed E-state index contributed by atoms with van der Waals surface area (Å²) in [5.74, 6) is 0.869. The van der Waals surface area contributed by atoms with Gasteiger partial charge in [0.05, 0.1) is 26.6 Å². The van der Waals surface area contributed by atoms with Crippen molar-refractivity contribution < 1.29 is 14.2 Å². The first-order chi connectivity index (χ1) is 8.83. The third-order valence-corrected chi connectivity index (χ3v) is 2.25. The number of hydrogen-bond donors (Lipinski definition) is 0. The molecule has 18 heavy (non-hydrogen) atoms. The van der Waals surface area contributed by atoms with Crippen LogP contribution >= 0.6 is 0 Å². The van der Waals surface area contributed by atoms with Gasteiger partial charge in [-0.05, 0) is 30.2 Å². The Kier molecular flexibility index (Phi) is 7.40. The van der Waals surface area contributed by atoms with Crippen molar-refractivity contribution in [2.45, 2.75) is 6.42 Å². The molecule has 3 heteroatoms. The number of allylic oxidation sites excluding steroid dienone is 1. The Morgan fingerprint density at radius 2 is 1.94 bits per heavy atom. The molecule has 0 aliphatic carbocycles. The van der Waals surface area contributed by atoms with Crippen molar-refractivity contribution >= 4 is 0 Å². The number of methoxy groups -OCH3 is 1. The van der Waals surface area contributed by atoms with Gasteiger partial charge in [0.25, 0.3) is 0 Å². The summed E-state index contributed by atoms with van der Waals surface area (Å²) < 4.78 is 15.7. The molecule has 0 aliphatic rings. The highest BCUT2D eigenvalue weighted by atomic mass is 16.5. The van der Waals surface area contributed by atoms with Crippen LogP contribution in [0.4, 0.5) is 0 Å². The highest BCUT2D eigenvalue weighted by Crippen LogP contribution is 2.07. The first-order valence-corrected chi connectivity index (χ1v) is 5.95. The zero-order valence-electron chi connectivity index (χ0n) is 10.8. The second kappa shape index (κ2) is 9.31. The molecule has 0 spiro atoms. The molecule has 1 aromatic carbocycles. The summed E-state index contributed by atoms with van der Waals surface area (Å²) in [6.07, 6.45) is 4.25. The first-order valence-electron chi connectivity index (χ1n) is 5.95. The summed E-state index contributed by atoms with van der Waals surface area (Å²) >= 11 is 0. The Labute approximate surface area is 109 Å². The number of para-hydroxylation sites is 1. The maximum atomic E-state index is 5.50. The van der Waals surface area contributed by atoms with Crippen molar-refractivity contribution in [3.8, 4) is 5.75 Å². The number of rotatable bonds is 9. The van der Waals surface area contributed by atoms with Crippen LogP contribution in [0.2, 0.25) is 0 Å². The van der Waals surface area contributed by atoms with E-state index in [1.807, 2.05) is 36.4 Å². The normalized spacial score (nSPS) is 10.5. The molecule has 0 amide bonds. The number of benzene rings is 1. The lowest BCUT2D eigenvalue weighted by atomic mass is 10.2. The molecule has 0 N–H and O–H groups in total. The minimum atomic E-state index is 0.560. The molecule has 3 nitrogen and oxygen atoms in total. The highest BCUT2D eigenvalue weighted by Gasteiger charge is 1.93. The van der Waals surface area contributed by atoms with Gasteiger partial charge < -0.3 is 14.2 Å². The fraction of sp³-hybridized carbons (Fsp3) is 0.333. The van der Waals surface area contributed by atoms with Crippen LogP contribution < -0.4 is 4.74 Å². The van der Waals surface area contributed by atoms with Crippen LogP contribution in [0.1, 0.15) is 6.42 Å². The smallest absolute Gasteiger partial charge is 0.119 e. The lowest BCUT2D eigenvalue weighted by Crippen LogP contribution is -2.07. The monoisotopic (exact) mass is 248 g/mol. The van der Waals surface area contributed by atoms with E-state index in [9.17, 15) is 0 Å². The van der Waals surface area contributed by atoms with Crippen molar-refractivity contribution in [3.63, 3.8) is 0 Å². The van der Waals surface area contributed by atoms with Gasteiger partial charge in [0.2, 0.25) is 0 Å². The van der Waals surface area contributed by atoms with Gasteiger partial charge in [-0.25, -0.2) is 0 Å². The second-order valence-electron chi connectivity index (χ2n) is 3.72. The molecular formula is C15H20O3. The summed E-state index contributed by atoms with van der Waals surface area (Å²) in [6.45, 7) is 5.66. The Bertz CT molecular complexity index is 357. The fourth-order valence-electron chi connectivity index (χ4n) is 1.29. The van der Waals surface area contributed by atoms with Gasteiger partial charge in [0, 0.05) is 0 Å². The van der Waals surface area contributed by atoms with Gasteiger partial charge in [-0.15, -0.1) is 0 Å². The van der Waals surface area contributed by atoms with Crippen LogP contribution in [0.5, 0.6) is 5.75 Å². The summed E-state index contributed by atoms with van der Waals surface area (Å²) in [5, 5.41) is 0. The van der Waals surface area contributed by atoms with E-state index in [4.69, 9.17) is 14.2 Å². The topological polar surface area (TPSA) is 27.7 Å². The molecule has 0 aliphatic heterocycles. The van der Waals surface area contributed by atoms with Crippen LogP contribution in [0, 0.1) is 0 Å². The van der Waals surface area contributed by atoms with E-state index >= 15 is 0 Å². The van der Waals surface area contributed by atoms with Crippen molar-refractivity contribution in [2.24, 2.45) is 0 Å². The predicted octanol–water partition coefficient (Wildman–Crippen LogP) is 3.19. The van der Waals surface area contributed by atoms with Gasteiger partial charge in [-0.3, -0.25) is 0 Å². The van der Waals surface area contributed by atoms with Crippen LogP contribution in [-0.4, -0.2) is 26.9 Å². The third-order valence-electron chi connectivity index (χ3n) is 2.25. The molecule has 0 atom stereocenters. The Morgan fingerprint density at radius 3 is 2.67 bits per heavy atom. The number of hydrogen-bond acceptors (Lipinski definition) is 3. The lowest BCUT2D eigenvalue weighted by molar-refractivity contribution is 0.103. The second-order valence-corrected chi connectivity index (χ2v) is 3.72. The minimum Gasteiger partial charge on any atom is -0.504 e. The zero-order valence-corrected chi connectivity index (χ0v) is 10.8. The fourth-order valence-corrected chi connectivity index (χ4v) is 1.29. The molecule has 0 saturated heterocycles. The maximum absolute atomic E-state index is 5.50. The molecule has 0 bridgehead atoms. The predicted molar refractivity (Wildman–Crippen MR) is 72.7 cm³/mol. The maximum Gasteiger partial charge on any atom is 0.119 e. The molecule has 1 aromatic rings. The third kappa shape index (κ3) is 6.76. The molecule has 0 radical (unpaired) electrons. The molecule has 0 aromatic heterocycles. The average Bonchev–Trinajstić information content (AvgIpc) is 2.41. The molecular weight excluding hydrogens is 228 g/mol. The van der Waals surface area contributed by atoms with Gasteiger partial charge in [0.1, 0.15) is 12.4 Å². The lowest BCUT2D eigenvalue weighted by Gasteiger charge is -2.07. The van der Waals surface area contributed by atoms with Crippen LogP contribution in [0.25, 0.3) is 0 Å². The zero-order chi connectivity index (χ0) is 13.1. The van der Waals surface area contributed by atoms with Gasteiger partial charge in [-0.2, -0.15) is 0 Å². The molecule has 1 rings (SSSR count). The van der Waals surface area contributed by atoms with Gasteiger partial charge in [-0.1, -0.05) is 24.8 Å². The van der Waals surface area contributed by atoms with E-state index < -0.39 is 0 Å². The summed E-state index contributed by atoms with van der Waals surface area (Å²) in [4.78, 5) is 0. The molecule has 0 heterocycles. The van der Waals surface area contributed by atoms with Crippen molar-refractivity contribution in [3.05, 3.63) is 54.8 Å². The first kappa shape index (κ1) is 14.3. The average molecular weight is 248 g/mol. The Hall–Kier alpha value is -1.74. The van der Waals surface area contributed by atoms with E-state index in [0.29, 0.717) is 19.8 Å². The Morgan fingerprint density at radius 1 is 1.17 bits per heavy atom. The van der Waals surface area contributed by atoms with Crippen molar-refractivity contribution in [1.82, 2.24) is 0 Å². The molecule has 0 fully saturated rings. The molecule has 0 saturated carbocycles. The summed E-state index contributed by atoms with van der Waals surface area (Å²) in [5.41, 5.74) is 0.987. The summed E-state index contributed by atoms with van der Waals surface area (Å²) in [6, 6.07) is 9.71. The van der Waals surface area contributed by atoms with E-state index in [0.717, 1.165) is 17.7 Å². The van der Waals surface area contributed by atoms with Crippen molar-refractivity contribution in [1.29, 1.82) is 0 Å². The van der Waals surface area contributed by atoms with Crippen LogP contribution in [0.15, 0.2) is 54.8 Å². The van der Waals surface area contributed by atoms with E-state index in [1.165, 1.54) is 0 Å². The molecule has 0 unspecified atom stereocenters. The van der Waals surface area contributed by atoms with E-state index in [1.54, 1.807) is 13.4 Å². The van der Waals surface area contributed by atoms with E-state index in [-0.39, 0.29) is 0 Å². The van der Waals surface area contributed by atoms with Crippen molar-refractivity contribution in [2.75, 3.05) is 26.9 Å². The van der Waals surface area contributed by atoms with Crippen LogP contribution in [-0.2, 0) is 9.47 Å². The summed E-state index contributed by atoms with van der Waals surface area (Å²) in [7, 11) is 1.61. The van der Waals surface area contributed by atoms with Crippen LogP contribution in [0.3, 0.4) is 0 Å². The number of ether oxygens (including phenoxy) is 3. The van der Waals surface area contributed by atoms with Gasteiger partial charge in [0.15, 0.2) is 0 Å².